The number of aromatic carboxylic acids is 1. The van der Waals surface area contributed by atoms with Gasteiger partial charge in [-0.05, 0) is 152 Å². The average Bonchev–Trinajstić information content (AvgIpc) is 1.61. The van der Waals surface area contributed by atoms with Crippen molar-refractivity contribution in [3.05, 3.63) is 357 Å². The predicted molar refractivity (Wildman–Crippen MR) is 433 cm³/mol. The van der Waals surface area contributed by atoms with E-state index in [9.17, 15) is 13.6 Å². The summed E-state index contributed by atoms with van der Waals surface area (Å²) in [6.45, 7) is 0. The Kier molecular flexibility index (Phi) is 23.4. The number of carboxylic acid groups (broad SMARTS) is 1. The first kappa shape index (κ1) is 73.8. The summed E-state index contributed by atoms with van der Waals surface area (Å²) in [6, 6.07) is 100. The molecule has 531 valence electrons. The number of rotatable bonds is 12. The van der Waals surface area contributed by atoms with Crippen molar-refractivity contribution in [2.45, 2.75) is 25.7 Å². The number of aromatic nitrogens is 8. The van der Waals surface area contributed by atoms with Crippen molar-refractivity contribution in [2.24, 2.45) is 0 Å². The third-order valence-corrected chi connectivity index (χ3v) is 19.7. The quantitative estimate of drug-likeness (QED) is 0.0707. The van der Waals surface area contributed by atoms with Gasteiger partial charge in [0.15, 0.2) is 0 Å². The van der Waals surface area contributed by atoms with Crippen LogP contribution in [-0.4, -0.2) is 79.2 Å². The number of carboxylic acids is 1. The van der Waals surface area contributed by atoms with Crippen LogP contribution in [0.2, 0.25) is 0 Å². The van der Waals surface area contributed by atoms with E-state index in [2.05, 4.69) is 190 Å². The molecule has 7 heterocycles. The molecule has 109 heavy (non-hydrogen) atoms. The summed E-state index contributed by atoms with van der Waals surface area (Å²) in [4.78, 5) is 36.9. The fourth-order valence-electron chi connectivity index (χ4n) is 13.4. The van der Waals surface area contributed by atoms with Gasteiger partial charge in [0.25, 0.3) is 0 Å². The first-order valence-electron chi connectivity index (χ1n) is 35.2. The minimum atomic E-state index is -2.86. The summed E-state index contributed by atoms with van der Waals surface area (Å²) in [5, 5.41) is 16.4. The van der Waals surface area contributed by atoms with Gasteiger partial charge in [0.2, 0.25) is 0 Å². The molecule has 0 bridgehead atoms. The minimum Gasteiger partial charge on any atom is -0.576 e. The molecule has 0 saturated heterocycles. The largest absolute Gasteiger partial charge is 1.20 e. The minimum absolute atomic E-state index is 0. The summed E-state index contributed by atoms with van der Waals surface area (Å²) in [5.41, 5.74) is 16.9. The third kappa shape index (κ3) is 16.6. The van der Waals surface area contributed by atoms with Crippen LogP contribution in [0.3, 0.4) is 0 Å². The van der Waals surface area contributed by atoms with Crippen LogP contribution in [0.4, 0.5) is 8.78 Å². The zero-order chi connectivity index (χ0) is 73.7. The number of nitrogens with zero attached hydrogens (tertiary/aromatic N) is 8. The van der Waals surface area contributed by atoms with Gasteiger partial charge in [-0.25, -0.2) is 14.2 Å². The van der Waals surface area contributed by atoms with E-state index in [4.69, 9.17) is 34.3 Å². The molecule has 13 nitrogen and oxygen atoms in total. The maximum Gasteiger partial charge on any atom is 1.20 e. The molecule has 1 unspecified atom stereocenters. The molecule has 1 N–H and O–H groups in total. The number of hydrogen-bond acceptors (Lipinski definition) is 10. The van der Waals surface area contributed by atoms with E-state index >= 15 is 0 Å². The van der Waals surface area contributed by atoms with Crippen LogP contribution in [0.5, 0.6) is 17.2 Å². The van der Waals surface area contributed by atoms with Crippen LogP contribution in [0, 0.1) is 17.7 Å². The number of carbonyl (C=O) groups is 1. The first-order valence-corrected chi connectivity index (χ1v) is 37.4. The molecule has 7 aromatic heterocycles. The second kappa shape index (κ2) is 34.6. The number of aryl methyl sites for hydroxylation is 2. The van der Waals surface area contributed by atoms with E-state index in [1.165, 1.54) is 103 Å². The van der Waals surface area contributed by atoms with Crippen molar-refractivity contribution in [1.29, 1.82) is 0 Å². The summed E-state index contributed by atoms with van der Waals surface area (Å²) in [6.07, 6.45) is 10.7. The molecule has 3 radical (unpaired) electrons. The number of fused-ring (bicyclic) bond motifs is 10. The Morgan fingerprint density at radius 1 is 0.431 bits per heavy atom. The van der Waals surface area contributed by atoms with E-state index < -0.39 is 21.1 Å². The average molecular weight is 1640 g/mol. The van der Waals surface area contributed by atoms with Crippen molar-refractivity contribution in [3.63, 3.8) is 0 Å². The second-order valence-electron chi connectivity index (χ2n) is 25.2. The van der Waals surface area contributed by atoms with Gasteiger partial charge >= 0.3 is 21.1 Å². The van der Waals surface area contributed by atoms with Gasteiger partial charge in [-0.2, -0.15) is 0 Å². The molecule has 0 aliphatic heterocycles. The zero-order valence-electron chi connectivity index (χ0n) is 58.6. The summed E-state index contributed by atoms with van der Waals surface area (Å²) in [5.74, 6) is 0.201. The number of halogens is 2. The standard InChI is InChI=1S/C36H24N2.C20H15F2N2.3C9H7NO.C6H5NO2.CH4BP.Al.Ir/c1-5-13-33-29(9-1)30-10-2-6-14-34(30)37(33)27-21-17-25(18-22-27)26-19-23-28(24-20-26)38-35-15-7-3-11-31(35)32-12-4-8-16-36(32)38;21-15-9-5-13(6-10-15)19-20(14-7-11-16(22)12-8-14)24-18-4-2-1-3-17(18)23-19;3*11-8-5-1-3-7-4-2-6-10-9(7)8;8-6(9)5-3-1-2-4-7-5;2-1-3;;/h1-24H;5-7,9-12H,1-4H2;3*1-6,11H;1-4H,(H,8,9);1,3H2;;/q;-1;;;;;;+3;/p-3. The Bertz CT molecular complexity index is 5660. The molecule has 1 aliphatic rings. The fraction of sp³-hybridized carbons (Fsp3) is 0.0556. The molecule has 1 aliphatic carbocycles. The van der Waals surface area contributed by atoms with Gasteiger partial charge in [0, 0.05) is 105 Å². The van der Waals surface area contributed by atoms with Crippen LogP contribution < -0.4 is 11.4 Å². The van der Waals surface area contributed by atoms with Gasteiger partial charge in [0.1, 0.15) is 45.3 Å². The van der Waals surface area contributed by atoms with Crippen molar-refractivity contribution < 1.29 is 50.2 Å². The Hall–Kier alpha value is -12.1. The Balaban J connectivity index is 0.000000129. The normalized spacial score (nSPS) is 11.4. The molecule has 11 aromatic carbocycles. The molecule has 19 heteroatoms. The van der Waals surface area contributed by atoms with E-state index in [-0.39, 0.29) is 37.4 Å². The topological polar surface area (TPSA) is 152 Å². The maximum absolute atomic E-state index is 13.3. The maximum atomic E-state index is 13.3. The Labute approximate surface area is 649 Å². The van der Waals surface area contributed by atoms with E-state index in [0.717, 1.165) is 75.3 Å². The molecule has 18 aromatic rings. The SMILES string of the molecule is Fc1c[c-]c(-c2nc3c(nc2-c2ccc(F)cc2)CCCC3)cc1.O=C(O)c1ccccn1.[B]CP.[Ir].c1ccc2c(c1)c1ccccc1n2-c1ccc(-c2ccc(-n3c4ccccc4c4ccccc43)cc2)cc1.c1cnc2c([O][Al]([O]c3cccc4cccnc34)[O]c3cccc4cccnc34)cccc2c1. The molecule has 19 rings (SSSR count). The fourth-order valence-corrected chi connectivity index (χ4v) is 14.8. The van der Waals surface area contributed by atoms with Gasteiger partial charge in [0.05, 0.1) is 47.0 Å². The van der Waals surface area contributed by atoms with Gasteiger partial charge in [-0.15, -0.1) is 39.1 Å². The molecule has 0 saturated carbocycles. The third-order valence-electron chi connectivity index (χ3n) is 18.4. The van der Waals surface area contributed by atoms with Gasteiger partial charge in [-0.3, -0.25) is 29.3 Å². The van der Waals surface area contributed by atoms with Crippen LogP contribution in [0.15, 0.2) is 322 Å². The number of hydrogen-bond donors (Lipinski definition) is 1. The summed E-state index contributed by atoms with van der Waals surface area (Å²) < 4.78 is 50.4. The second-order valence-corrected chi connectivity index (χ2v) is 26.9. The number of para-hydroxylation sites is 7. The van der Waals surface area contributed by atoms with Crippen LogP contribution in [0.1, 0.15) is 34.7 Å². The van der Waals surface area contributed by atoms with Crippen molar-refractivity contribution >= 4 is 115 Å². The molecule has 0 amide bonds. The van der Waals surface area contributed by atoms with Gasteiger partial charge in [-0.1, -0.05) is 176 Å². The van der Waals surface area contributed by atoms with Gasteiger partial charge < -0.3 is 25.6 Å². The van der Waals surface area contributed by atoms with Crippen LogP contribution in [-0.2, 0) is 32.9 Å². The van der Waals surface area contributed by atoms with Crippen molar-refractivity contribution in [1.82, 2.24) is 39.0 Å². The zero-order valence-corrected chi connectivity index (χ0v) is 63.3. The van der Waals surface area contributed by atoms with Crippen molar-refractivity contribution in [3.8, 4) is 62.3 Å². The number of pyridine rings is 4. The first-order chi connectivity index (χ1) is 53.1. The molecule has 1 atom stereocenters. The number of benzene rings is 11. The van der Waals surface area contributed by atoms with Crippen LogP contribution >= 0.6 is 9.24 Å². The molecule has 0 fully saturated rings. The molecular formula is C90H66AlBF2IrN8O5P-. The molecule has 0 spiro atoms. The van der Waals surface area contributed by atoms with E-state index in [0.29, 0.717) is 40.3 Å². The van der Waals surface area contributed by atoms with Crippen molar-refractivity contribution in [2.75, 3.05) is 6.06 Å². The summed E-state index contributed by atoms with van der Waals surface area (Å²) >= 11 is -2.86. The monoisotopic (exact) mass is 1640 g/mol. The smallest absolute Gasteiger partial charge is 0.576 e. The van der Waals surface area contributed by atoms with E-state index in [1.54, 1.807) is 48.9 Å². The Morgan fingerprint density at radius 3 is 1.17 bits per heavy atom. The predicted octanol–water partition coefficient (Wildman–Crippen LogP) is 20.9. The Morgan fingerprint density at radius 2 is 0.798 bits per heavy atom. The molecular weight excluding hydrogens is 1570 g/mol. The van der Waals surface area contributed by atoms with Crippen LogP contribution in [0.25, 0.3) is 121 Å². The van der Waals surface area contributed by atoms with E-state index in [1.807, 2.05) is 91.0 Å². The summed E-state index contributed by atoms with van der Waals surface area (Å²) in [7, 11) is 7.17.